The van der Waals surface area contributed by atoms with Crippen LogP contribution < -0.4 is 10.1 Å². The third-order valence-electron chi connectivity index (χ3n) is 7.07. The third-order valence-corrected chi connectivity index (χ3v) is 8.76. The second-order valence-corrected chi connectivity index (χ2v) is 11.7. The summed E-state index contributed by atoms with van der Waals surface area (Å²) in [5.74, 6) is 1.27. The van der Waals surface area contributed by atoms with E-state index in [-0.39, 0.29) is 11.7 Å². The number of thiophene rings is 1. The quantitative estimate of drug-likeness (QED) is 0.536. The van der Waals surface area contributed by atoms with Gasteiger partial charge < -0.3 is 19.5 Å². The Balaban J connectivity index is 1.27. The molecule has 10 heteroatoms. The molecule has 0 amide bonds. The maximum atomic E-state index is 6.68. The Hall–Kier alpha value is -1.85. The van der Waals surface area contributed by atoms with Gasteiger partial charge in [0, 0.05) is 35.8 Å². The van der Waals surface area contributed by atoms with Crippen LogP contribution in [0.1, 0.15) is 50.0 Å². The average molecular weight is 502 g/mol. The average Bonchev–Trinajstić information content (AvgIpc) is 3.47. The van der Waals surface area contributed by atoms with Gasteiger partial charge in [-0.25, -0.2) is 4.98 Å². The van der Waals surface area contributed by atoms with Crippen molar-refractivity contribution >= 4 is 44.7 Å². The minimum absolute atomic E-state index is 0.175. The Morgan fingerprint density at radius 1 is 1.15 bits per heavy atom. The van der Waals surface area contributed by atoms with Gasteiger partial charge in [-0.1, -0.05) is 0 Å². The summed E-state index contributed by atoms with van der Waals surface area (Å²) in [6.07, 6.45) is 7.22. The highest BCUT2D eigenvalue weighted by Crippen LogP contribution is 2.43. The summed E-state index contributed by atoms with van der Waals surface area (Å²) in [5, 5.41) is 6.33. The van der Waals surface area contributed by atoms with E-state index >= 15 is 0 Å². The van der Waals surface area contributed by atoms with Crippen molar-refractivity contribution in [2.24, 2.45) is 0 Å². The van der Waals surface area contributed by atoms with Gasteiger partial charge in [0.1, 0.15) is 10.9 Å². The highest BCUT2D eigenvalue weighted by molar-refractivity contribution is 7.18. The Morgan fingerprint density at radius 3 is 2.74 bits per heavy atom. The molecule has 34 heavy (non-hydrogen) atoms. The summed E-state index contributed by atoms with van der Waals surface area (Å²) in [4.78, 5) is 14.5. The highest BCUT2D eigenvalue weighted by atomic mass is 32.1. The number of anilines is 2. The van der Waals surface area contributed by atoms with Gasteiger partial charge in [-0.3, -0.25) is 4.90 Å². The molecule has 0 bridgehead atoms. The molecule has 1 saturated carbocycles. The van der Waals surface area contributed by atoms with Gasteiger partial charge in [-0.05, 0) is 56.6 Å². The zero-order valence-electron chi connectivity index (χ0n) is 19.7. The number of morpholine rings is 1. The molecule has 6 rings (SSSR count). The second-order valence-electron chi connectivity index (χ2n) is 10.00. The van der Waals surface area contributed by atoms with Gasteiger partial charge in [-0.15, -0.1) is 11.3 Å². The number of rotatable bonds is 5. The molecule has 3 aromatic rings. The number of hydrogen-bond acceptors (Lipinski definition) is 10. The molecule has 0 unspecified atom stereocenters. The van der Waals surface area contributed by atoms with Crippen LogP contribution in [0.3, 0.4) is 0 Å². The number of nitrogens with zero attached hydrogens (tertiary/aromatic N) is 4. The van der Waals surface area contributed by atoms with E-state index in [1.54, 1.807) is 17.5 Å². The first-order valence-corrected chi connectivity index (χ1v) is 13.8. The first-order chi connectivity index (χ1) is 16.5. The van der Waals surface area contributed by atoms with E-state index in [1.807, 2.05) is 5.38 Å². The lowest BCUT2D eigenvalue weighted by Gasteiger charge is -2.38. The molecule has 1 aliphatic carbocycles. The lowest BCUT2D eigenvalue weighted by Crippen LogP contribution is -2.46. The van der Waals surface area contributed by atoms with E-state index in [9.17, 15) is 0 Å². The second kappa shape index (κ2) is 9.31. The van der Waals surface area contributed by atoms with Crippen LogP contribution in [0, 0.1) is 0 Å². The molecule has 182 valence electrons. The minimum Gasteiger partial charge on any atom is -0.474 e. The Labute approximate surface area is 207 Å². The van der Waals surface area contributed by atoms with Crippen LogP contribution in [-0.4, -0.2) is 63.3 Å². The third kappa shape index (κ3) is 4.66. The molecule has 0 spiro atoms. The van der Waals surface area contributed by atoms with E-state index in [2.05, 4.69) is 28.4 Å². The van der Waals surface area contributed by atoms with Crippen molar-refractivity contribution in [3.8, 4) is 5.88 Å². The molecule has 0 atom stereocenters. The fourth-order valence-corrected chi connectivity index (χ4v) is 6.84. The zero-order chi connectivity index (χ0) is 23.1. The summed E-state index contributed by atoms with van der Waals surface area (Å²) in [7, 11) is 0. The molecule has 5 heterocycles. The summed E-state index contributed by atoms with van der Waals surface area (Å²) in [5.41, 5.74) is 1.98. The summed E-state index contributed by atoms with van der Waals surface area (Å²) in [6.45, 7) is 8.72. The lowest BCUT2D eigenvalue weighted by molar-refractivity contribution is -0.0379. The van der Waals surface area contributed by atoms with Crippen molar-refractivity contribution in [2.45, 2.75) is 70.3 Å². The Bertz CT molecular complexity index is 1140. The fourth-order valence-electron chi connectivity index (χ4n) is 5.28. The Kier molecular flexibility index (Phi) is 6.19. The van der Waals surface area contributed by atoms with Gasteiger partial charge in [0.25, 0.3) is 0 Å². The van der Waals surface area contributed by atoms with Crippen molar-refractivity contribution < 1.29 is 14.2 Å². The van der Waals surface area contributed by atoms with Gasteiger partial charge in [0.15, 0.2) is 0 Å². The number of hydrogen-bond donors (Lipinski definition) is 1. The number of fused-ring (bicyclic) bond motifs is 3. The van der Waals surface area contributed by atoms with Crippen LogP contribution in [0.25, 0.3) is 10.2 Å². The van der Waals surface area contributed by atoms with Crippen LogP contribution in [-0.2, 0) is 22.5 Å². The molecular weight excluding hydrogens is 470 g/mol. The van der Waals surface area contributed by atoms with Crippen LogP contribution in [0.5, 0.6) is 5.88 Å². The van der Waals surface area contributed by atoms with Crippen molar-refractivity contribution in [1.82, 2.24) is 19.2 Å². The molecule has 8 nitrogen and oxygen atoms in total. The van der Waals surface area contributed by atoms with Crippen LogP contribution in [0.4, 0.5) is 11.6 Å². The van der Waals surface area contributed by atoms with E-state index in [0.29, 0.717) is 24.5 Å². The van der Waals surface area contributed by atoms with Crippen molar-refractivity contribution in [3.05, 3.63) is 22.0 Å². The van der Waals surface area contributed by atoms with Gasteiger partial charge in [0.2, 0.25) is 11.8 Å². The van der Waals surface area contributed by atoms with Gasteiger partial charge in [-0.2, -0.15) is 9.36 Å². The van der Waals surface area contributed by atoms with Crippen LogP contribution >= 0.6 is 22.9 Å². The monoisotopic (exact) mass is 501 g/mol. The van der Waals surface area contributed by atoms with E-state index < -0.39 is 0 Å². The molecule has 1 N–H and O–H groups in total. The first kappa shape index (κ1) is 22.6. The van der Waals surface area contributed by atoms with Gasteiger partial charge in [0.05, 0.1) is 42.7 Å². The lowest BCUT2D eigenvalue weighted by atomic mass is 9.91. The predicted molar refractivity (Wildman–Crippen MR) is 134 cm³/mol. The first-order valence-electron chi connectivity index (χ1n) is 12.2. The van der Waals surface area contributed by atoms with Crippen molar-refractivity contribution in [2.75, 3.05) is 31.6 Å². The molecule has 3 aliphatic rings. The smallest absolute Gasteiger partial charge is 0.231 e. The summed E-state index contributed by atoms with van der Waals surface area (Å²) >= 11 is 3.10. The topological polar surface area (TPSA) is 81.6 Å². The normalized spacial score (nSPS) is 25.2. The maximum absolute atomic E-state index is 6.68. The zero-order valence-corrected chi connectivity index (χ0v) is 21.3. The SMILES string of the molecule is CC1(C)Cc2c(sc3nc(Nc4cnsc4)nc(OC4CCC(N5CCOCC5)CC4)c23)CO1. The predicted octanol–water partition coefficient (Wildman–Crippen LogP) is 4.76. The standard InChI is InChI=1S/C24H31N5O3S2/c1-24(2)11-18-19(13-31-24)34-22-20(18)21(27-23(28-22)26-15-12-25-33-14-15)32-17-5-3-16(4-6-17)29-7-9-30-10-8-29/h12,14,16-17H,3-11,13H2,1-2H3,(H,26,27,28). The minimum atomic E-state index is -0.201. The van der Waals surface area contributed by atoms with Gasteiger partial charge >= 0.3 is 0 Å². The molecule has 3 aromatic heterocycles. The molecule has 2 fully saturated rings. The molecular formula is C24H31N5O3S2. The molecule has 0 aromatic carbocycles. The van der Waals surface area contributed by atoms with E-state index in [1.165, 1.54) is 22.0 Å². The van der Waals surface area contributed by atoms with Crippen molar-refractivity contribution in [1.29, 1.82) is 0 Å². The number of ether oxygens (including phenoxy) is 3. The number of aromatic nitrogens is 3. The highest BCUT2D eigenvalue weighted by Gasteiger charge is 2.33. The fraction of sp³-hybridized carbons (Fsp3) is 0.625. The summed E-state index contributed by atoms with van der Waals surface area (Å²) < 4.78 is 22.5. The van der Waals surface area contributed by atoms with E-state index in [0.717, 1.165) is 74.3 Å². The Morgan fingerprint density at radius 2 is 1.97 bits per heavy atom. The largest absolute Gasteiger partial charge is 0.474 e. The summed E-state index contributed by atoms with van der Waals surface area (Å²) in [6, 6.07) is 0.643. The molecule has 0 radical (unpaired) electrons. The number of nitrogens with one attached hydrogen (secondary N) is 1. The van der Waals surface area contributed by atoms with Crippen molar-refractivity contribution in [3.63, 3.8) is 0 Å². The van der Waals surface area contributed by atoms with Crippen LogP contribution in [0.15, 0.2) is 11.6 Å². The van der Waals surface area contributed by atoms with E-state index in [4.69, 9.17) is 24.2 Å². The van der Waals surface area contributed by atoms with Crippen LogP contribution in [0.2, 0.25) is 0 Å². The molecule has 1 saturated heterocycles. The molecule has 2 aliphatic heterocycles. The maximum Gasteiger partial charge on any atom is 0.231 e.